The highest BCUT2D eigenvalue weighted by atomic mass is 32.2. The van der Waals surface area contributed by atoms with Gasteiger partial charge in [0.2, 0.25) is 21.9 Å². The number of anilines is 1. The summed E-state index contributed by atoms with van der Waals surface area (Å²) in [6.07, 6.45) is 0.703. The number of ether oxygens (including phenoxy) is 1. The molecule has 1 aliphatic rings. The second-order valence-corrected chi connectivity index (χ2v) is 9.70. The highest BCUT2D eigenvalue weighted by Crippen LogP contribution is 2.27. The monoisotopic (exact) mass is 441 g/mol. The first-order chi connectivity index (χ1) is 13.6. The lowest BCUT2D eigenvalue weighted by atomic mass is 10.3. The molecule has 0 aliphatic carbocycles. The standard InChI is InChI=1S/C16H19N5O6S2/c1-11-10-14(27-2)18-15(17-11)19-16(22)20-28(23,24)12-6-3-4-7-13(12)29(25,26)21-8-5-9-21/h3-4,6-7,10H,5,8-9H2,1-2H3,(H2,17,18,19,20,22). The SMILES string of the molecule is COc1cc(C)nc(NC(=O)NS(=O)(=O)c2ccccc2S(=O)(=O)N2CCC2)n1. The van der Waals surface area contributed by atoms with Gasteiger partial charge < -0.3 is 4.74 Å². The van der Waals surface area contributed by atoms with Crippen LogP contribution in [0.5, 0.6) is 5.88 Å². The Kier molecular flexibility index (Phi) is 5.73. The van der Waals surface area contributed by atoms with E-state index in [0.717, 1.165) is 6.07 Å². The van der Waals surface area contributed by atoms with Crippen molar-refractivity contribution in [2.45, 2.75) is 23.1 Å². The van der Waals surface area contributed by atoms with Crippen LogP contribution in [0, 0.1) is 6.92 Å². The number of hydrogen-bond acceptors (Lipinski definition) is 8. The van der Waals surface area contributed by atoms with Crippen LogP contribution in [0.1, 0.15) is 12.1 Å². The number of methoxy groups -OCH3 is 1. The van der Waals surface area contributed by atoms with Gasteiger partial charge in [0.25, 0.3) is 10.0 Å². The van der Waals surface area contributed by atoms with Gasteiger partial charge in [-0.2, -0.15) is 9.29 Å². The largest absolute Gasteiger partial charge is 0.481 e. The second-order valence-electron chi connectivity index (χ2n) is 6.14. The number of aromatic nitrogens is 2. The van der Waals surface area contributed by atoms with E-state index in [-0.39, 0.29) is 11.8 Å². The summed E-state index contributed by atoms with van der Waals surface area (Å²) in [5, 5.41) is 2.20. The van der Waals surface area contributed by atoms with Gasteiger partial charge in [0.05, 0.1) is 7.11 Å². The minimum Gasteiger partial charge on any atom is -0.481 e. The Balaban J connectivity index is 1.85. The van der Waals surface area contributed by atoms with E-state index in [4.69, 9.17) is 4.74 Å². The van der Waals surface area contributed by atoms with Crippen molar-refractivity contribution in [2.24, 2.45) is 0 Å². The van der Waals surface area contributed by atoms with Crippen LogP contribution in [0.25, 0.3) is 0 Å². The topological polar surface area (TPSA) is 148 Å². The number of nitrogens with zero attached hydrogens (tertiary/aromatic N) is 3. The number of aryl methyl sites for hydroxylation is 1. The maximum absolute atomic E-state index is 12.7. The van der Waals surface area contributed by atoms with Crippen molar-refractivity contribution in [3.8, 4) is 5.88 Å². The molecule has 0 spiro atoms. The van der Waals surface area contributed by atoms with Gasteiger partial charge in [0, 0.05) is 24.8 Å². The minimum atomic E-state index is -4.49. The van der Waals surface area contributed by atoms with Crippen molar-refractivity contribution in [3.05, 3.63) is 36.0 Å². The first kappa shape index (κ1) is 21.0. The van der Waals surface area contributed by atoms with Crippen molar-refractivity contribution in [1.82, 2.24) is 19.0 Å². The summed E-state index contributed by atoms with van der Waals surface area (Å²) in [5.41, 5.74) is 0.487. The molecule has 11 nitrogen and oxygen atoms in total. The number of amides is 2. The molecule has 0 radical (unpaired) electrons. The molecule has 2 amide bonds. The highest BCUT2D eigenvalue weighted by molar-refractivity contribution is 7.92. The summed E-state index contributed by atoms with van der Waals surface area (Å²) in [7, 11) is -7.10. The Morgan fingerprint density at radius 1 is 1.10 bits per heavy atom. The number of urea groups is 1. The first-order valence-electron chi connectivity index (χ1n) is 8.46. The smallest absolute Gasteiger partial charge is 0.335 e. The van der Waals surface area contributed by atoms with Gasteiger partial charge in [-0.15, -0.1) is 0 Å². The molecular formula is C16H19N5O6S2. The summed E-state index contributed by atoms with van der Waals surface area (Å²) in [6.45, 7) is 2.27. The van der Waals surface area contributed by atoms with E-state index in [1.807, 2.05) is 0 Å². The second kappa shape index (κ2) is 7.93. The molecule has 29 heavy (non-hydrogen) atoms. The molecule has 2 heterocycles. The lowest BCUT2D eigenvalue weighted by molar-refractivity contribution is 0.256. The molecular weight excluding hydrogens is 422 g/mol. The molecule has 1 aromatic carbocycles. The fourth-order valence-corrected chi connectivity index (χ4v) is 5.79. The predicted octanol–water partition coefficient (Wildman–Crippen LogP) is 0.698. The number of carbonyl (C=O) groups is 1. The molecule has 1 fully saturated rings. The lowest BCUT2D eigenvalue weighted by Gasteiger charge is -2.30. The summed E-state index contributed by atoms with van der Waals surface area (Å²) < 4.78 is 58.7. The van der Waals surface area contributed by atoms with Crippen molar-refractivity contribution in [3.63, 3.8) is 0 Å². The number of benzene rings is 1. The predicted molar refractivity (Wildman–Crippen MR) is 102 cm³/mol. The molecule has 0 saturated carbocycles. The van der Waals surface area contributed by atoms with E-state index < -0.39 is 35.9 Å². The molecule has 2 N–H and O–H groups in total. The minimum absolute atomic E-state index is 0.170. The van der Waals surface area contributed by atoms with Gasteiger partial charge in [0.15, 0.2) is 0 Å². The maximum Gasteiger partial charge on any atom is 0.335 e. The Labute approximate surface area is 168 Å². The van der Waals surface area contributed by atoms with Crippen LogP contribution >= 0.6 is 0 Å². The van der Waals surface area contributed by atoms with E-state index in [0.29, 0.717) is 25.2 Å². The average molecular weight is 441 g/mol. The van der Waals surface area contributed by atoms with Gasteiger partial charge in [-0.1, -0.05) is 12.1 Å². The fourth-order valence-electron chi connectivity index (χ4n) is 2.56. The molecule has 13 heteroatoms. The Hall–Kier alpha value is -2.77. The van der Waals surface area contributed by atoms with Crippen LogP contribution in [0.4, 0.5) is 10.7 Å². The molecule has 0 bridgehead atoms. The maximum atomic E-state index is 12.7. The van der Waals surface area contributed by atoms with Crippen LogP contribution in [0.3, 0.4) is 0 Å². The van der Waals surface area contributed by atoms with Gasteiger partial charge in [-0.3, -0.25) is 5.32 Å². The Bertz CT molecular complexity index is 1150. The van der Waals surface area contributed by atoms with Crippen LogP contribution in [-0.2, 0) is 20.0 Å². The number of sulfonamides is 2. The molecule has 0 unspecified atom stereocenters. The zero-order valence-electron chi connectivity index (χ0n) is 15.6. The Morgan fingerprint density at radius 2 is 1.76 bits per heavy atom. The van der Waals surface area contributed by atoms with Crippen molar-refractivity contribution in [1.29, 1.82) is 0 Å². The summed E-state index contributed by atoms with van der Waals surface area (Å²) in [5.74, 6) is 0.0117. The lowest BCUT2D eigenvalue weighted by Crippen LogP contribution is -2.43. The van der Waals surface area contributed by atoms with E-state index >= 15 is 0 Å². The quantitative estimate of drug-likeness (QED) is 0.666. The number of nitrogens with one attached hydrogen (secondary N) is 2. The summed E-state index contributed by atoms with van der Waals surface area (Å²) in [4.78, 5) is 19.1. The summed E-state index contributed by atoms with van der Waals surface area (Å²) in [6, 6.07) is 5.48. The van der Waals surface area contributed by atoms with E-state index in [2.05, 4.69) is 15.3 Å². The third-order valence-electron chi connectivity index (χ3n) is 4.06. The van der Waals surface area contributed by atoms with Crippen LogP contribution in [0.15, 0.2) is 40.1 Å². The third kappa shape index (κ3) is 4.46. The normalized spacial score (nSPS) is 14.7. The van der Waals surface area contributed by atoms with Crippen LogP contribution in [0.2, 0.25) is 0 Å². The molecule has 1 saturated heterocycles. The molecule has 1 aromatic heterocycles. The summed E-state index contributed by atoms with van der Waals surface area (Å²) >= 11 is 0. The number of rotatable bonds is 6. The van der Waals surface area contributed by atoms with Crippen LogP contribution < -0.4 is 14.8 Å². The van der Waals surface area contributed by atoms with Crippen molar-refractivity contribution >= 4 is 32.0 Å². The average Bonchev–Trinajstić information content (AvgIpc) is 2.58. The van der Waals surface area contributed by atoms with E-state index in [9.17, 15) is 21.6 Å². The number of hydrogen-bond donors (Lipinski definition) is 2. The highest BCUT2D eigenvalue weighted by Gasteiger charge is 2.34. The zero-order chi connectivity index (χ0) is 21.2. The van der Waals surface area contributed by atoms with Gasteiger partial charge >= 0.3 is 6.03 Å². The molecule has 2 aromatic rings. The Morgan fingerprint density at radius 3 is 2.34 bits per heavy atom. The van der Waals surface area contributed by atoms with Crippen LogP contribution in [-0.4, -0.2) is 57.3 Å². The van der Waals surface area contributed by atoms with E-state index in [1.165, 1.54) is 35.7 Å². The zero-order valence-corrected chi connectivity index (χ0v) is 17.2. The third-order valence-corrected chi connectivity index (χ3v) is 7.54. The number of carbonyl (C=O) groups excluding carboxylic acids is 1. The van der Waals surface area contributed by atoms with Gasteiger partial charge in [-0.05, 0) is 25.5 Å². The van der Waals surface area contributed by atoms with E-state index in [1.54, 1.807) is 11.6 Å². The van der Waals surface area contributed by atoms with Crippen molar-refractivity contribution < 1.29 is 26.4 Å². The first-order valence-corrected chi connectivity index (χ1v) is 11.4. The fraction of sp³-hybridized carbons (Fsp3) is 0.312. The molecule has 3 rings (SSSR count). The molecule has 1 aliphatic heterocycles. The van der Waals surface area contributed by atoms with Gasteiger partial charge in [-0.25, -0.2) is 31.3 Å². The molecule has 0 atom stereocenters. The van der Waals surface area contributed by atoms with Gasteiger partial charge in [0.1, 0.15) is 9.79 Å². The van der Waals surface area contributed by atoms with Crippen molar-refractivity contribution in [2.75, 3.05) is 25.5 Å². The molecule has 156 valence electrons.